The van der Waals surface area contributed by atoms with E-state index in [9.17, 15) is 47.7 Å². The maximum atomic E-state index is 13.4. The number of nitrogens with two attached hydrogens (primary N) is 1. The molecular formula is C116H174Cl3F3N12O11. The molecule has 4 aliphatic heterocycles. The average molecular weight is 2080 g/mol. The fourth-order valence-corrected chi connectivity index (χ4v) is 24.1. The summed E-state index contributed by atoms with van der Waals surface area (Å²) in [6.45, 7) is 11.2. The van der Waals surface area contributed by atoms with Crippen molar-refractivity contribution >= 4 is 58.9 Å². The summed E-state index contributed by atoms with van der Waals surface area (Å²) >= 11 is 18.9. The highest BCUT2D eigenvalue weighted by Gasteiger charge is 2.48. The van der Waals surface area contributed by atoms with Gasteiger partial charge >= 0.3 is 30.3 Å². The lowest BCUT2D eigenvalue weighted by Gasteiger charge is -2.43. The molecule has 6 aromatic carbocycles. The van der Waals surface area contributed by atoms with Crippen molar-refractivity contribution in [1.29, 1.82) is 0 Å². The van der Waals surface area contributed by atoms with Crippen LogP contribution in [0.4, 0.5) is 32.3 Å². The van der Waals surface area contributed by atoms with Gasteiger partial charge in [-0.3, -0.25) is 0 Å². The van der Waals surface area contributed by atoms with Gasteiger partial charge in [0.25, 0.3) is 0 Å². The number of hydrogen-bond donors (Lipinski definition) is 11. The van der Waals surface area contributed by atoms with Crippen LogP contribution in [0.5, 0.6) is 11.5 Å². The Hall–Kier alpha value is -7.54. The van der Waals surface area contributed by atoms with Gasteiger partial charge in [-0.2, -0.15) is 13.2 Å². The maximum absolute atomic E-state index is 13.4. The predicted molar refractivity (Wildman–Crippen MR) is 578 cm³/mol. The number of likely N-dealkylation sites (N-methyl/N-ethyl adjacent to an activating group) is 3. The summed E-state index contributed by atoms with van der Waals surface area (Å²) in [6.07, 6.45) is 32.7. The molecule has 23 nitrogen and oxygen atoms in total. The number of unbranched alkanes of at least 4 members (excludes halogenated alkanes) is 2. The number of methoxy groups -OCH3 is 2. The molecule has 12 N–H and O–H groups in total. The molecule has 8 aliphatic rings. The summed E-state index contributed by atoms with van der Waals surface area (Å²) < 4.78 is 62.8. The number of alkyl halides is 3. The fourth-order valence-electron chi connectivity index (χ4n) is 23.6. The topological polar surface area (TPSA) is 289 Å². The third kappa shape index (κ3) is 38.4. The Morgan fingerprint density at radius 2 is 0.897 bits per heavy atom. The fraction of sp³-hybridized carbons (Fsp3) is 0.655. The number of carbonyl (C=O) groups excluding carboxylic acids is 4. The molecule has 4 heterocycles. The van der Waals surface area contributed by atoms with Crippen molar-refractivity contribution in [2.24, 2.45) is 53.1 Å². The van der Waals surface area contributed by atoms with Crippen LogP contribution in [0, 0.1) is 47.3 Å². The van der Waals surface area contributed by atoms with Crippen molar-refractivity contribution in [3.8, 4) is 22.6 Å². The van der Waals surface area contributed by atoms with Crippen LogP contribution in [-0.4, -0.2) is 223 Å². The number of benzene rings is 6. The molecule has 29 heteroatoms. The van der Waals surface area contributed by atoms with Gasteiger partial charge in [-0.25, -0.2) is 19.2 Å². The van der Waals surface area contributed by atoms with Gasteiger partial charge in [0.15, 0.2) is 0 Å². The number of halogens is 6. The van der Waals surface area contributed by atoms with E-state index in [1.54, 1.807) is 43.4 Å². The van der Waals surface area contributed by atoms with Crippen LogP contribution < -0.4 is 47.7 Å². The normalized spacial score (nSPS) is 21.2. The van der Waals surface area contributed by atoms with Crippen molar-refractivity contribution in [3.05, 3.63) is 189 Å². The molecule has 4 saturated carbocycles. The second-order valence-electron chi connectivity index (χ2n) is 42.9. The third-order valence-corrected chi connectivity index (χ3v) is 32.3. The molecule has 0 aromatic heterocycles. The van der Waals surface area contributed by atoms with Gasteiger partial charge < -0.3 is 96.8 Å². The van der Waals surface area contributed by atoms with E-state index in [1.807, 2.05) is 116 Å². The molecule has 4 aliphatic carbocycles. The van der Waals surface area contributed by atoms with Gasteiger partial charge in [-0.05, 0) is 243 Å². The lowest BCUT2D eigenvalue weighted by atomic mass is 9.73. The highest BCUT2D eigenvalue weighted by Crippen LogP contribution is 2.49. The number of nitrogens with one attached hydrogen (secondary N) is 7. The summed E-state index contributed by atoms with van der Waals surface area (Å²) in [7, 11) is 9.10. The molecule has 0 unspecified atom stereocenters. The van der Waals surface area contributed by atoms with E-state index in [2.05, 4.69) is 85.7 Å². The molecule has 4 saturated heterocycles. The SMILES string of the molecule is CNC[C@H](C)NC(=O)N1CCC[C@@H]([C@@](O)(CCCCOC)c2cc(Cl)ccc2Oc2ccccc2)C1.CNC[C@H](CC1CCCCC1)NC(=O)N1CCC[C@@H]([C@@](O)(CCC(F)(F)F)c2cccc(Cl)c2)C1.CNC[C@H](CC1CCCCC1)NC(=O)N1CCC[C@@H]([C@@](O)(CCCCC2CC2)c2cccc(Cl)c2)C1.COCCCO[C@@H](c1ccccc1-c1ccccc1)[C@@H]1CCCN(C(=O)NC[C@@H](N)CC2CCCCC2)C1. The second kappa shape index (κ2) is 61.7. The molecule has 0 bridgehead atoms. The van der Waals surface area contributed by atoms with E-state index in [0.717, 1.165) is 139 Å². The minimum atomic E-state index is -4.39. The predicted octanol–water partition coefficient (Wildman–Crippen LogP) is 23.7. The van der Waals surface area contributed by atoms with Gasteiger partial charge in [0.05, 0.1) is 22.9 Å². The van der Waals surface area contributed by atoms with E-state index in [-0.39, 0.29) is 78.7 Å². The van der Waals surface area contributed by atoms with Crippen molar-refractivity contribution in [2.45, 2.75) is 304 Å². The highest BCUT2D eigenvalue weighted by molar-refractivity contribution is 6.31. The number of carbonyl (C=O) groups is 4. The first-order chi connectivity index (χ1) is 70.1. The van der Waals surface area contributed by atoms with Crippen LogP contribution in [-0.2, 0) is 31.0 Å². The molecule has 8 fully saturated rings. The summed E-state index contributed by atoms with van der Waals surface area (Å²) in [4.78, 5) is 60.2. The lowest BCUT2D eigenvalue weighted by molar-refractivity contribution is -0.155. The first-order valence-corrected chi connectivity index (χ1v) is 56.2. The number of hydrogen-bond acceptors (Lipinski definition) is 15. The van der Waals surface area contributed by atoms with Gasteiger partial charge in [-0.1, -0.05) is 260 Å². The zero-order valence-corrected chi connectivity index (χ0v) is 89.9. The Morgan fingerprint density at radius 1 is 0.434 bits per heavy atom. The number of piperidine rings is 4. The Kier molecular flexibility index (Phi) is 50.1. The molecule has 12 atom stereocenters. The summed E-state index contributed by atoms with van der Waals surface area (Å²) in [5, 5.41) is 60.0. The van der Waals surface area contributed by atoms with Gasteiger partial charge in [0.1, 0.15) is 11.5 Å². The Bertz CT molecular complexity index is 4740. The third-order valence-electron chi connectivity index (χ3n) is 31.6. The largest absolute Gasteiger partial charge is 0.457 e. The molecule has 8 amide bonds. The number of urea groups is 4. The number of likely N-dealkylation sites (tertiary alicyclic amines) is 4. The monoisotopic (exact) mass is 2070 g/mol. The molecular weight excluding hydrogens is 1900 g/mol. The van der Waals surface area contributed by atoms with E-state index < -0.39 is 41.7 Å². The maximum Gasteiger partial charge on any atom is 0.389 e. The number of para-hydroxylation sites is 1. The Morgan fingerprint density at radius 3 is 1.41 bits per heavy atom. The number of rotatable bonds is 45. The first kappa shape index (κ1) is 118. The Labute approximate surface area is 879 Å². The highest BCUT2D eigenvalue weighted by atomic mass is 35.5. The molecule has 145 heavy (non-hydrogen) atoms. The summed E-state index contributed by atoms with van der Waals surface area (Å²) in [5.74, 6) is 3.75. The van der Waals surface area contributed by atoms with Crippen molar-refractivity contribution in [2.75, 3.05) is 134 Å². The lowest BCUT2D eigenvalue weighted by Crippen LogP contribution is -2.54. The smallest absolute Gasteiger partial charge is 0.389 e. The Balaban J connectivity index is 0.000000184. The van der Waals surface area contributed by atoms with Crippen LogP contribution in [0.2, 0.25) is 15.1 Å². The minimum Gasteiger partial charge on any atom is -0.457 e. The van der Waals surface area contributed by atoms with Gasteiger partial charge in [0.2, 0.25) is 0 Å². The van der Waals surface area contributed by atoms with E-state index >= 15 is 0 Å². The van der Waals surface area contributed by atoms with Crippen LogP contribution in [0.3, 0.4) is 0 Å². The van der Waals surface area contributed by atoms with Crippen molar-refractivity contribution < 1.29 is 66.6 Å². The quantitative estimate of drug-likeness (QED) is 0.0159. The van der Waals surface area contributed by atoms with E-state index in [0.29, 0.717) is 135 Å². The summed E-state index contributed by atoms with van der Waals surface area (Å²) in [5.41, 5.74) is 8.01. The summed E-state index contributed by atoms with van der Waals surface area (Å²) in [6, 6.07) is 48.0. The molecule has 806 valence electrons. The molecule has 14 rings (SSSR count). The second-order valence-corrected chi connectivity index (χ2v) is 44.2. The van der Waals surface area contributed by atoms with Crippen LogP contribution in [0.15, 0.2) is 152 Å². The van der Waals surface area contributed by atoms with Gasteiger partial charge in [-0.15, -0.1) is 0 Å². The standard InChI is InChI=1S/C32H47N3O3.C30H48ClN3O2.C28H40ClN3O4.C26H39ClF3N3O2/c1-37-20-11-21-38-31(30-18-9-8-17-29(30)26-14-6-3-7-15-26)27-16-10-19-35(24-27)32(36)34-23-28(33)22-25-12-4-2-5-13-25;1-32-21-28(19-24-10-3-2-4-11-24)33-29(35)34-18-8-13-26(22-34)30(36,17-6-5-9-23-15-16-23)25-12-7-14-27(31)20-25;1-21(19-30-2)31-27(33)32-16-9-10-22(20-32)28(34,15-7-8-17-35-3)25-18-23(29)13-14-26(25)36-24-11-5-4-6-12-24;1-31-17-23(15-19-7-3-2-4-8-19)32-24(34)33-14-6-10-21(18-33)25(35,12-13-26(28,29)30)20-9-5-11-22(27)16-20/h3,6-9,14-15,17-18,25,27-28,31H,2,4-5,10-13,16,19-24,33H2,1H3,(H,34,36);7,12,14,20,23-24,26,28,32,36H,2-6,8-11,13,15-19,21-22H2,1H3,(H,33,35);4-6,11-14,18,21-22,30,34H,7-10,15-17,19-20H2,1-3H3,(H,31,33);5,9,11,16,19,21,23,31,35H,2-4,6-8,10,12-15,17-18H2,1H3,(H,32,34)/t27-,28+,31-;26-,28+,30-;21-,22+,28-;21-,23+,25-/m1101/s1. The van der Waals surface area contributed by atoms with E-state index in [1.165, 1.54) is 138 Å². The van der Waals surface area contributed by atoms with Crippen molar-refractivity contribution in [3.63, 3.8) is 0 Å². The number of amides is 8. The zero-order chi connectivity index (χ0) is 103. The minimum absolute atomic E-state index is 0.00303. The molecule has 0 spiro atoms. The van der Waals surface area contributed by atoms with Crippen LogP contribution >= 0.6 is 34.8 Å². The van der Waals surface area contributed by atoms with E-state index in [4.69, 9.17) is 59.5 Å². The number of nitrogens with zero attached hydrogens (tertiary/aromatic N) is 4. The molecule has 0 radical (unpaired) electrons. The molecule has 6 aromatic rings. The van der Waals surface area contributed by atoms with Crippen LogP contribution in [0.25, 0.3) is 11.1 Å². The zero-order valence-electron chi connectivity index (χ0n) is 87.7. The first-order valence-electron chi connectivity index (χ1n) is 55.0. The average Bonchev–Trinajstić information content (AvgIpc) is 0.927. The van der Waals surface area contributed by atoms with Gasteiger partial charge in [0, 0.05) is 187 Å². The number of ether oxygens (including phenoxy) is 4. The number of aliphatic hydroxyl groups is 3. The van der Waals surface area contributed by atoms with Crippen molar-refractivity contribution in [1.82, 2.24) is 56.8 Å². The van der Waals surface area contributed by atoms with Crippen LogP contribution in [0.1, 0.15) is 279 Å².